The quantitative estimate of drug-likeness (QED) is 0.774. The van der Waals surface area contributed by atoms with Gasteiger partial charge in [0.05, 0.1) is 11.4 Å². The van der Waals surface area contributed by atoms with Crippen LogP contribution in [0.15, 0.2) is 18.2 Å². The first-order chi connectivity index (χ1) is 7.66. The average molecular weight is 236 g/mol. The fraction of sp³-hybridized carbons (Fsp3) is 0.417. The molecule has 1 heterocycles. The largest absolute Gasteiger partial charge is 0.397 e. The minimum absolute atomic E-state index is 0.0994. The fourth-order valence-electron chi connectivity index (χ4n) is 1.75. The normalized spacial score (nSPS) is 19.7. The highest BCUT2D eigenvalue weighted by atomic mass is 32.2. The summed E-state index contributed by atoms with van der Waals surface area (Å²) in [6.45, 7) is 1.99. The first kappa shape index (κ1) is 11.3. The number of benzene rings is 1. The van der Waals surface area contributed by atoms with Gasteiger partial charge in [-0.15, -0.1) is 0 Å². The lowest BCUT2D eigenvalue weighted by molar-refractivity contribution is -0.119. The number of anilines is 2. The van der Waals surface area contributed by atoms with Gasteiger partial charge in [-0.05, 0) is 36.8 Å². The minimum atomic E-state index is 0.0994. The summed E-state index contributed by atoms with van der Waals surface area (Å²) in [5.41, 5.74) is 8.29. The number of nitrogens with two attached hydrogens (primary N) is 1. The summed E-state index contributed by atoms with van der Waals surface area (Å²) in [5.74, 6) is 2.26. The number of nitrogens with one attached hydrogen (secondary N) is 1. The van der Waals surface area contributed by atoms with Gasteiger partial charge in [0.25, 0.3) is 0 Å². The van der Waals surface area contributed by atoms with Crippen LogP contribution in [0.1, 0.15) is 12.0 Å². The highest BCUT2D eigenvalue weighted by Gasteiger charge is 2.23. The second-order valence-corrected chi connectivity index (χ2v) is 5.29. The maximum absolute atomic E-state index is 11.9. The molecule has 1 atom stereocenters. The first-order valence-electron chi connectivity index (χ1n) is 5.41. The van der Waals surface area contributed by atoms with E-state index in [-0.39, 0.29) is 11.8 Å². The van der Waals surface area contributed by atoms with E-state index in [2.05, 4.69) is 5.32 Å². The predicted octanol–water partition coefficient (Wildman–Crippen LogP) is 2.27. The van der Waals surface area contributed by atoms with Gasteiger partial charge < -0.3 is 11.1 Å². The summed E-state index contributed by atoms with van der Waals surface area (Å²) in [6.07, 6.45) is 0.974. The molecule has 1 aromatic carbocycles. The van der Waals surface area contributed by atoms with Crippen molar-refractivity contribution in [3.63, 3.8) is 0 Å². The standard InChI is InChI=1S/C12H16N2OS/c1-8-2-3-10(13)11(6-8)14-12(15)9-4-5-16-7-9/h2-3,6,9H,4-5,7,13H2,1H3,(H,14,15). The average Bonchev–Trinajstić information content (AvgIpc) is 2.76. The van der Waals surface area contributed by atoms with E-state index < -0.39 is 0 Å². The van der Waals surface area contributed by atoms with Crippen molar-refractivity contribution in [2.45, 2.75) is 13.3 Å². The zero-order valence-electron chi connectivity index (χ0n) is 9.32. The highest BCUT2D eigenvalue weighted by Crippen LogP contribution is 2.26. The lowest BCUT2D eigenvalue weighted by atomic mass is 10.1. The van der Waals surface area contributed by atoms with Gasteiger partial charge in [-0.2, -0.15) is 11.8 Å². The monoisotopic (exact) mass is 236 g/mol. The third kappa shape index (κ3) is 2.50. The third-order valence-corrected chi connectivity index (χ3v) is 3.93. The van der Waals surface area contributed by atoms with Gasteiger partial charge in [0.15, 0.2) is 0 Å². The van der Waals surface area contributed by atoms with Gasteiger partial charge >= 0.3 is 0 Å². The number of hydrogen-bond acceptors (Lipinski definition) is 3. The Balaban J connectivity index is 2.07. The molecule has 3 N–H and O–H groups in total. The lowest BCUT2D eigenvalue weighted by Gasteiger charge is -2.12. The smallest absolute Gasteiger partial charge is 0.228 e. The number of nitrogen functional groups attached to an aromatic ring is 1. The predicted molar refractivity (Wildman–Crippen MR) is 69.7 cm³/mol. The number of aryl methyl sites for hydroxylation is 1. The minimum Gasteiger partial charge on any atom is -0.397 e. The number of hydrogen-bond donors (Lipinski definition) is 2. The van der Waals surface area contributed by atoms with Crippen molar-refractivity contribution in [3.05, 3.63) is 23.8 Å². The van der Waals surface area contributed by atoms with Crippen molar-refractivity contribution >= 4 is 29.0 Å². The summed E-state index contributed by atoms with van der Waals surface area (Å²) >= 11 is 1.84. The van der Waals surface area contributed by atoms with Crippen LogP contribution in [-0.2, 0) is 4.79 Å². The van der Waals surface area contributed by atoms with Crippen molar-refractivity contribution in [2.24, 2.45) is 5.92 Å². The molecule has 1 fully saturated rings. The van der Waals surface area contributed by atoms with Gasteiger partial charge in [-0.3, -0.25) is 4.79 Å². The molecule has 86 valence electrons. The summed E-state index contributed by atoms with van der Waals surface area (Å²) in [5, 5.41) is 2.92. The molecule has 2 rings (SSSR count). The van der Waals surface area contributed by atoms with Gasteiger partial charge in [0.2, 0.25) is 5.91 Å². The molecular weight excluding hydrogens is 220 g/mol. The van der Waals surface area contributed by atoms with E-state index in [1.54, 1.807) is 0 Å². The summed E-state index contributed by atoms with van der Waals surface area (Å²) in [7, 11) is 0. The maximum Gasteiger partial charge on any atom is 0.228 e. The van der Waals surface area contributed by atoms with Gasteiger partial charge in [-0.25, -0.2) is 0 Å². The molecule has 4 heteroatoms. The van der Waals surface area contributed by atoms with Crippen LogP contribution in [0.3, 0.4) is 0 Å². The second-order valence-electron chi connectivity index (χ2n) is 4.14. The number of amides is 1. The van der Waals surface area contributed by atoms with Crippen LogP contribution in [-0.4, -0.2) is 17.4 Å². The Labute approximate surface area is 99.8 Å². The number of rotatable bonds is 2. The second kappa shape index (κ2) is 4.78. The first-order valence-corrected chi connectivity index (χ1v) is 6.57. The molecule has 1 saturated heterocycles. The molecule has 0 radical (unpaired) electrons. The molecule has 1 aliphatic heterocycles. The SMILES string of the molecule is Cc1ccc(N)c(NC(=O)C2CCSC2)c1. The van der Waals surface area contributed by atoms with Crippen molar-refractivity contribution in [3.8, 4) is 0 Å². The van der Waals surface area contributed by atoms with Crippen LogP contribution >= 0.6 is 11.8 Å². The van der Waals surface area contributed by atoms with Crippen LogP contribution in [0.2, 0.25) is 0 Å². The molecule has 3 nitrogen and oxygen atoms in total. The molecule has 1 aliphatic rings. The molecule has 0 aromatic heterocycles. The van der Waals surface area contributed by atoms with Crippen LogP contribution in [0.25, 0.3) is 0 Å². The zero-order chi connectivity index (χ0) is 11.5. The van der Waals surface area contributed by atoms with Crippen LogP contribution in [0.4, 0.5) is 11.4 Å². The van der Waals surface area contributed by atoms with Crippen molar-refractivity contribution in [1.29, 1.82) is 0 Å². The van der Waals surface area contributed by atoms with E-state index in [0.29, 0.717) is 5.69 Å². The Morgan fingerprint density at radius 2 is 2.38 bits per heavy atom. The molecule has 1 aromatic rings. The molecular formula is C12H16N2OS. The van der Waals surface area contributed by atoms with E-state index >= 15 is 0 Å². The van der Waals surface area contributed by atoms with Crippen molar-refractivity contribution in [1.82, 2.24) is 0 Å². The van der Waals surface area contributed by atoms with Crippen molar-refractivity contribution < 1.29 is 4.79 Å². The van der Waals surface area contributed by atoms with Crippen LogP contribution in [0, 0.1) is 12.8 Å². The Morgan fingerprint density at radius 1 is 1.56 bits per heavy atom. The van der Waals surface area contributed by atoms with Gasteiger partial charge in [0.1, 0.15) is 0 Å². The van der Waals surface area contributed by atoms with Crippen molar-refractivity contribution in [2.75, 3.05) is 22.6 Å². The molecule has 0 aliphatic carbocycles. The van der Waals surface area contributed by atoms with E-state index in [4.69, 9.17) is 5.73 Å². The number of carbonyl (C=O) groups excluding carboxylic acids is 1. The van der Waals surface area contributed by atoms with E-state index in [1.165, 1.54) is 0 Å². The molecule has 0 spiro atoms. The molecule has 0 saturated carbocycles. The topological polar surface area (TPSA) is 55.1 Å². The van der Waals surface area contributed by atoms with Gasteiger partial charge in [-0.1, -0.05) is 6.07 Å². The molecule has 16 heavy (non-hydrogen) atoms. The summed E-state index contributed by atoms with van der Waals surface area (Å²) in [4.78, 5) is 11.9. The van der Waals surface area contributed by atoms with Gasteiger partial charge in [0, 0.05) is 11.7 Å². The maximum atomic E-state index is 11.9. The van der Waals surface area contributed by atoms with E-state index in [9.17, 15) is 4.79 Å². The third-order valence-electron chi connectivity index (χ3n) is 2.77. The summed E-state index contributed by atoms with van der Waals surface area (Å²) in [6, 6.07) is 5.68. The van der Waals surface area contributed by atoms with E-state index in [0.717, 1.165) is 29.2 Å². The van der Waals surface area contributed by atoms with E-state index in [1.807, 2.05) is 36.9 Å². The fourth-order valence-corrected chi connectivity index (χ4v) is 2.97. The number of carbonyl (C=O) groups is 1. The molecule has 1 unspecified atom stereocenters. The lowest BCUT2D eigenvalue weighted by Crippen LogP contribution is -2.22. The summed E-state index contributed by atoms with van der Waals surface area (Å²) < 4.78 is 0. The highest BCUT2D eigenvalue weighted by molar-refractivity contribution is 7.99. The Kier molecular flexibility index (Phi) is 3.39. The Morgan fingerprint density at radius 3 is 3.06 bits per heavy atom. The number of thioether (sulfide) groups is 1. The Bertz CT molecular complexity index is 400. The van der Waals surface area contributed by atoms with Crippen LogP contribution < -0.4 is 11.1 Å². The zero-order valence-corrected chi connectivity index (χ0v) is 10.1. The Hall–Kier alpha value is -1.16. The van der Waals surface area contributed by atoms with Crippen LogP contribution in [0.5, 0.6) is 0 Å². The molecule has 0 bridgehead atoms. The molecule has 1 amide bonds.